The van der Waals surface area contributed by atoms with Crippen LogP contribution in [0.5, 0.6) is 5.75 Å². The molecule has 0 saturated heterocycles. The molecule has 0 spiro atoms. The van der Waals surface area contributed by atoms with Gasteiger partial charge in [0.2, 0.25) is 10.0 Å². The van der Waals surface area contributed by atoms with Crippen molar-refractivity contribution in [3.05, 3.63) is 94.5 Å². The third kappa shape index (κ3) is 6.83. The second-order valence-electron chi connectivity index (χ2n) is 8.15. The Morgan fingerprint density at radius 2 is 1.58 bits per heavy atom. The minimum Gasteiger partial charge on any atom is -0.492 e. The number of rotatable bonds is 9. The van der Waals surface area contributed by atoms with Gasteiger partial charge in [-0.25, -0.2) is 8.42 Å². The third-order valence-corrected chi connectivity index (χ3v) is 6.54. The van der Waals surface area contributed by atoms with Crippen LogP contribution in [0.1, 0.15) is 32.6 Å². The largest absolute Gasteiger partial charge is 0.492 e. The Labute approximate surface area is 196 Å². The summed E-state index contributed by atoms with van der Waals surface area (Å²) >= 11 is 0. The summed E-state index contributed by atoms with van der Waals surface area (Å²) in [5.41, 5.74) is 5.31. The van der Waals surface area contributed by atoms with Crippen molar-refractivity contribution in [2.45, 2.75) is 27.3 Å². The Balaban J connectivity index is 1.59. The lowest BCUT2D eigenvalue weighted by molar-refractivity contribution is 0.0947. The van der Waals surface area contributed by atoms with Gasteiger partial charge in [0.25, 0.3) is 5.91 Å². The molecule has 0 heterocycles. The second-order valence-corrected chi connectivity index (χ2v) is 10.1. The lowest BCUT2D eigenvalue weighted by Crippen LogP contribution is -2.30. The smallest absolute Gasteiger partial charge is 0.251 e. The molecule has 3 aromatic rings. The average Bonchev–Trinajstić information content (AvgIpc) is 2.78. The number of nitrogens with one attached hydrogen (secondary N) is 1. The normalized spacial score (nSPS) is 11.2. The molecule has 1 N–H and O–H groups in total. The number of hydrogen-bond acceptors (Lipinski definition) is 4. The molecule has 1 amide bonds. The summed E-state index contributed by atoms with van der Waals surface area (Å²) in [5, 5.41) is 2.82. The van der Waals surface area contributed by atoms with Gasteiger partial charge in [0.05, 0.1) is 25.0 Å². The Morgan fingerprint density at radius 3 is 2.18 bits per heavy atom. The van der Waals surface area contributed by atoms with Gasteiger partial charge in [-0.3, -0.25) is 9.10 Å². The van der Waals surface area contributed by atoms with Crippen molar-refractivity contribution in [3.63, 3.8) is 0 Å². The summed E-state index contributed by atoms with van der Waals surface area (Å²) in [5.74, 6) is 0.529. The molecule has 6 nitrogen and oxygen atoms in total. The minimum atomic E-state index is -3.49. The van der Waals surface area contributed by atoms with Crippen molar-refractivity contribution in [1.82, 2.24) is 5.32 Å². The molecular formula is C26H30N2O4S. The van der Waals surface area contributed by atoms with Crippen molar-refractivity contribution in [2.75, 3.05) is 23.7 Å². The molecule has 3 rings (SSSR count). The fourth-order valence-electron chi connectivity index (χ4n) is 3.28. The Morgan fingerprint density at radius 1 is 0.909 bits per heavy atom. The van der Waals surface area contributed by atoms with E-state index >= 15 is 0 Å². The molecule has 0 aliphatic heterocycles. The van der Waals surface area contributed by atoms with Gasteiger partial charge in [0, 0.05) is 5.56 Å². The highest BCUT2D eigenvalue weighted by Crippen LogP contribution is 2.22. The van der Waals surface area contributed by atoms with Crippen LogP contribution in [0.2, 0.25) is 0 Å². The van der Waals surface area contributed by atoms with Crippen LogP contribution in [0, 0.1) is 20.8 Å². The molecule has 0 radical (unpaired) electrons. The Hall–Kier alpha value is -3.32. The summed E-state index contributed by atoms with van der Waals surface area (Å²) in [6.45, 7) is 6.99. The van der Waals surface area contributed by atoms with E-state index in [9.17, 15) is 13.2 Å². The second kappa shape index (κ2) is 10.5. The molecule has 0 atom stereocenters. The quantitative estimate of drug-likeness (QED) is 0.475. The molecule has 0 fully saturated rings. The van der Waals surface area contributed by atoms with Crippen LogP contribution in [-0.2, 0) is 16.6 Å². The maximum absolute atomic E-state index is 12.5. The van der Waals surface area contributed by atoms with E-state index in [0.717, 1.165) is 22.4 Å². The lowest BCUT2D eigenvalue weighted by atomic mass is 10.1. The van der Waals surface area contributed by atoms with Crippen molar-refractivity contribution in [3.8, 4) is 5.75 Å². The van der Waals surface area contributed by atoms with E-state index in [1.165, 1.54) is 16.1 Å². The van der Waals surface area contributed by atoms with Crippen LogP contribution < -0.4 is 14.4 Å². The van der Waals surface area contributed by atoms with E-state index in [0.29, 0.717) is 24.4 Å². The van der Waals surface area contributed by atoms with Gasteiger partial charge >= 0.3 is 0 Å². The number of anilines is 1. The molecule has 174 valence electrons. The summed E-state index contributed by atoms with van der Waals surface area (Å²) < 4.78 is 31.8. The lowest BCUT2D eigenvalue weighted by Gasteiger charge is -2.23. The van der Waals surface area contributed by atoms with E-state index in [4.69, 9.17) is 4.74 Å². The van der Waals surface area contributed by atoms with E-state index < -0.39 is 10.0 Å². The maximum atomic E-state index is 12.5. The Kier molecular flexibility index (Phi) is 7.76. The number of benzene rings is 3. The van der Waals surface area contributed by atoms with Gasteiger partial charge in [-0.2, -0.15) is 0 Å². The molecule has 0 aliphatic carbocycles. The van der Waals surface area contributed by atoms with Crippen molar-refractivity contribution < 1.29 is 17.9 Å². The predicted octanol–water partition coefficient (Wildman–Crippen LogP) is 4.39. The highest BCUT2D eigenvalue weighted by atomic mass is 32.2. The van der Waals surface area contributed by atoms with E-state index in [2.05, 4.69) is 5.32 Å². The average molecular weight is 467 g/mol. The number of nitrogens with zero attached hydrogens (tertiary/aromatic N) is 1. The minimum absolute atomic E-state index is 0.223. The van der Waals surface area contributed by atoms with Gasteiger partial charge < -0.3 is 10.1 Å². The van der Waals surface area contributed by atoms with Crippen LogP contribution in [0.25, 0.3) is 0 Å². The Bertz CT molecular complexity index is 1200. The molecule has 7 heteroatoms. The molecule has 0 aliphatic rings. The van der Waals surface area contributed by atoms with Crippen LogP contribution in [0.3, 0.4) is 0 Å². The van der Waals surface area contributed by atoms with Gasteiger partial charge in [0.1, 0.15) is 12.4 Å². The first-order valence-electron chi connectivity index (χ1n) is 10.7. The summed E-state index contributed by atoms with van der Waals surface area (Å²) in [6, 6.07) is 20.2. The molecule has 33 heavy (non-hydrogen) atoms. The van der Waals surface area contributed by atoms with Gasteiger partial charge in [-0.15, -0.1) is 0 Å². The molecule has 0 aromatic heterocycles. The first-order valence-corrected chi connectivity index (χ1v) is 12.6. The van der Waals surface area contributed by atoms with Crippen molar-refractivity contribution >= 4 is 21.6 Å². The van der Waals surface area contributed by atoms with Gasteiger partial charge in [-0.1, -0.05) is 35.9 Å². The summed E-state index contributed by atoms with van der Waals surface area (Å²) in [4.78, 5) is 12.5. The number of aryl methyl sites for hydroxylation is 3. The van der Waals surface area contributed by atoms with Crippen LogP contribution >= 0.6 is 0 Å². The predicted molar refractivity (Wildman–Crippen MR) is 132 cm³/mol. The topological polar surface area (TPSA) is 75.7 Å². The highest BCUT2D eigenvalue weighted by molar-refractivity contribution is 7.92. The first-order chi connectivity index (χ1) is 15.6. The maximum Gasteiger partial charge on any atom is 0.251 e. The standard InChI is InChI=1S/C26H30N2O4S/c1-19-5-8-22(9-6-19)18-28(33(4,30)31)24-12-10-23(11-13-24)26(29)27-15-16-32-25-14-7-20(2)21(3)17-25/h5-14,17H,15-16,18H2,1-4H3,(H,27,29). The number of hydrogen-bond donors (Lipinski definition) is 1. The fourth-order valence-corrected chi connectivity index (χ4v) is 4.17. The third-order valence-electron chi connectivity index (χ3n) is 5.40. The number of amides is 1. The van der Waals surface area contributed by atoms with E-state index in [-0.39, 0.29) is 12.5 Å². The van der Waals surface area contributed by atoms with Crippen molar-refractivity contribution in [2.24, 2.45) is 0 Å². The number of ether oxygens (including phenoxy) is 1. The molecule has 0 unspecified atom stereocenters. The SMILES string of the molecule is Cc1ccc(CN(c2ccc(C(=O)NCCOc3ccc(C)c(C)c3)cc2)S(C)(=O)=O)cc1. The van der Waals surface area contributed by atoms with Crippen LogP contribution in [0.15, 0.2) is 66.7 Å². The molecule has 0 saturated carbocycles. The monoisotopic (exact) mass is 466 g/mol. The highest BCUT2D eigenvalue weighted by Gasteiger charge is 2.18. The zero-order valence-electron chi connectivity index (χ0n) is 19.5. The van der Waals surface area contributed by atoms with E-state index in [1.54, 1.807) is 24.3 Å². The van der Waals surface area contributed by atoms with E-state index in [1.807, 2.05) is 63.2 Å². The molecule has 3 aromatic carbocycles. The first kappa shape index (κ1) is 24.3. The van der Waals surface area contributed by atoms with Crippen LogP contribution in [0.4, 0.5) is 5.69 Å². The fraction of sp³-hybridized carbons (Fsp3) is 0.269. The molecule has 0 bridgehead atoms. The van der Waals surface area contributed by atoms with Crippen LogP contribution in [-0.4, -0.2) is 33.7 Å². The zero-order chi connectivity index (χ0) is 24.0. The number of carbonyl (C=O) groups is 1. The van der Waals surface area contributed by atoms with Crippen molar-refractivity contribution in [1.29, 1.82) is 0 Å². The number of sulfonamides is 1. The molecular weight excluding hydrogens is 436 g/mol. The van der Waals surface area contributed by atoms with Gasteiger partial charge in [0.15, 0.2) is 0 Å². The number of carbonyl (C=O) groups excluding carboxylic acids is 1. The zero-order valence-corrected chi connectivity index (χ0v) is 20.3. The summed E-state index contributed by atoms with van der Waals surface area (Å²) in [7, 11) is -3.49. The summed E-state index contributed by atoms with van der Waals surface area (Å²) in [6.07, 6.45) is 1.18. The van der Waals surface area contributed by atoms with Gasteiger partial charge in [-0.05, 0) is 73.9 Å².